The Labute approximate surface area is 70.6 Å². The third-order valence-corrected chi connectivity index (χ3v) is 2.55. The maximum atomic E-state index is 3.51. The van der Waals surface area contributed by atoms with E-state index in [1.807, 2.05) is 0 Å². The van der Waals surface area contributed by atoms with Gasteiger partial charge in [0, 0.05) is 0 Å². The molecular formula is C10H21N. The normalized spacial score (nSPS) is 29.5. The Hall–Kier alpha value is -0.0400. The molecule has 0 spiro atoms. The van der Waals surface area contributed by atoms with E-state index in [0.717, 1.165) is 17.8 Å². The van der Waals surface area contributed by atoms with Crippen LogP contribution in [0.25, 0.3) is 0 Å². The first kappa shape index (κ1) is 9.05. The first-order valence-electron chi connectivity index (χ1n) is 4.94. The molecule has 2 unspecified atom stereocenters. The third-order valence-electron chi connectivity index (χ3n) is 2.55. The zero-order chi connectivity index (χ0) is 8.27. The first-order chi connectivity index (χ1) is 5.24. The number of nitrogens with one attached hydrogen (secondary N) is 1. The minimum absolute atomic E-state index is 0.800. The summed E-state index contributed by atoms with van der Waals surface area (Å²) in [4.78, 5) is 0. The SMILES string of the molecule is CCC1CC1CNCC(C)C. The zero-order valence-electron chi connectivity index (χ0n) is 8.06. The van der Waals surface area contributed by atoms with E-state index in [1.54, 1.807) is 0 Å². The molecule has 0 bridgehead atoms. The molecule has 0 radical (unpaired) electrons. The highest BCUT2D eigenvalue weighted by Gasteiger charge is 2.34. The summed E-state index contributed by atoms with van der Waals surface area (Å²) in [6.45, 7) is 9.27. The molecule has 1 N–H and O–H groups in total. The molecule has 0 saturated heterocycles. The van der Waals surface area contributed by atoms with Crippen LogP contribution in [0.5, 0.6) is 0 Å². The fraction of sp³-hybridized carbons (Fsp3) is 1.00. The second kappa shape index (κ2) is 4.10. The molecule has 0 aromatic heterocycles. The molecule has 0 aliphatic heterocycles. The molecule has 1 saturated carbocycles. The van der Waals surface area contributed by atoms with E-state index in [4.69, 9.17) is 0 Å². The molecule has 0 amide bonds. The van der Waals surface area contributed by atoms with E-state index < -0.39 is 0 Å². The van der Waals surface area contributed by atoms with Gasteiger partial charge in [0.25, 0.3) is 0 Å². The van der Waals surface area contributed by atoms with Crippen LogP contribution in [0.15, 0.2) is 0 Å². The summed E-state index contributed by atoms with van der Waals surface area (Å²) in [6, 6.07) is 0. The molecule has 1 fully saturated rings. The van der Waals surface area contributed by atoms with Crippen molar-refractivity contribution < 1.29 is 0 Å². The summed E-state index contributed by atoms with van der Waals surface area (Å²) in [5, 5.41) is 3.51. The van der Waals surface area contributed by atoms with Gasteiger partial charge in [-0.25, -0.2) is 0 Å². The van der Waals surface area contributed by atoms with Gasteiger partial charge in [0.15, 0.2) is 0 Å². The summed E-state index contributed by atoms with van der Waals surface area (Å²) in [6.07, 6.45) is 2.86. The highest BCUT2D eigenvalue weighted by atomic mass is 14.9. The lowest BCUT2D eigenvalue weighted by Crippen LogP contribution is -2.22. The lowest BCUT2D eigenvalue weighted by Gasteiger charge is -2.05. The van der Waals surface area contributed by atoms with Crippen molar-refractivity contribution in [2.75, 3.05) is 13.1 Å². The molecule has 1 nitrogen and oxygen atoms in total. The average molecular weight is 155 g/mol. The van der Waals surface area contributed by atoms with Crippen LogP contribution < -0.4 is 5.32 Å². The van der Waals surface area contributed by atoms with Crippen molar-refractivity contribution in [1.82, 2.24) is 5.32 Å². The quantitative estimate of drug-likeness (QED) is 0.642. The van der Waals surface area contributed by atoms with E-state index in [1.165, 1.54) is 25.9 Å². The Morgan fingerprint density at radius 2 is 2.09 bits per heavy atom. The van der Waals surface area contributed by atoms with Gasteiger partial charge in [-0.3, -0.25) is 0 Å². The number of hydrogen-bond donors (Lipinski definition) is 1. The minimum atomic E-state index is 0.800. The van der Waals surface area contributed by atoms with Crippen molar-refractivity contribution in [1.29, 1.82) is 0 Å². The van der Waals surface area contributed by atoms with Crippen LogP contribution in [0.3, 0.4) is 0 Å². The lowest BCUT2D eigenvalue weighted by atomic mass is 10.2. The van der Waals surface area contributed by atoms with Gasteiger partial charge in [0.1, 0.15) is 0 Å². The third kappa shape index (κ3) is 3.24. The molecule has 0 aromatic rings. The molecule has 1 rings (SSSR count). The Balaban J connectivity index is 1.90. The number of rotatable bonds is 5. The van der Waals surface area contributed by atoms with Crippen molar-refractivity contribution in [2.24, 2.45) is 17.8 Å². The zero-order valence-corrected chi connectivity index (χ0v) is 8.06. The lowest BCUT2D eigenvalue weighted by molar-refractivity contribution is 0.520. The number of hydrogen-bond acceptors (Lipinski definition) is 1. The van der Waals surface area contributed by atoms with E-state index in [2.05, 4.69) is 26.1 Å². The second-order valence-electron chi connectivity index (χ2n) is 4.22. The predicted octanol–water partition coefficient (Wildman–Crippen LogP) is 2.28. The molecule has 1 aliphatic carbocycles. The van der Waals surface area contributed by atoms with Gasteiger partial charge in [-0.05, 0) is 37.3 Å². The van der Waals surface area contributed by atoms with Crippen LogP contribution in [0.2, 0.25) is 0 Å². The maximum Gasteiger partial charge on any atom is -0.00177 e. The fourth-order valence-electron chi connectivity index (χ4n) is 1.62. The van der Waals surface area contributed by atoms with Crippen molar-refractivity contribution in [3.05, 3.63) is 0 Å². The van der Waals surface area contributed by atoms with Gasteiger partial charge in [-0.2, -0.15) is 0 Å². The maximum absolute atomic E-state index is 3.51. The summed E-state index contributed by atoms with van der Waals surface area (Å²) in [7, 11) is 0. The fourth-order valence-corrected chi connectivity index (χ4v) is 1.62. The largest absolute Gasteiger partial charge is 0.316 e. The van der Waals surface area contributed by atoms with Crippen molar-refractivity contribution >= 4 is 0 Å². The molecule has 11 heavy (non-hydrogen) atoms. The summed E-state index contributed by atoms with van der Waals surface area (Å²) in [5.41, 5.74) is 0. The van der Waals surface area contributed by atoms with E-state index in [0.29, 0.717) is 0 Å². The highest BCUT2D eigenvalue weighted by molar-refractivity contribution is 4.86. The van der Waals surface area contributed by atoms with Gasteiger partial charge >= 0.3 is 0 Å². The second-order valence-corrected chi connectivity index (χ2v) is 4.22. The van der Waals surface area contributed by atoms with Crippen molar-refractivity contribution in [3.63, 3.8) is 0 Å². The van der Waals surface area contributed by atoms with E-state index in [9.17, 15) is 0 Å². The van der Waals surface area contributed by atoms with E-state index in [-0.39, 0.29) is 0 Å². The van der Waals surface area contributed by atoms with E-state index >= 15 is 0 Å². The summed E-state index contributed by atoms with van der Waals surface area (Å²) >= 11 is 0. The van der Waals surface area contributed by atoms with Crippen LogP contribution in [0, 0.1) is 17.8 Å². The Kier molecular flexibility index (Phi) is 3.38. The predicted molar refractivity (Wildman–Crippen MR) is 49.6 cm³/mol. The summed E-state index contributed by atoms with van der Waals surface area (Å²) in [5.74, 6) is 2.86. The first-order valence-corrected chi connectivity index (χ1v) is 4.94. The molecule has 1 aliphatic rings. The Bertz CT molecular complexity index is 109. The molecule has 2 atom stereocenters. The van der Waals surface area contributed by atoms with Gasteiger partial charge < -0.3 is 5.32 Å². The minimum Gasteiger partial charge on any atom is -0.316 e. The highest BCUT2D eigenvalue weighted by Crippen LogP contribution is 2.40. The van der Waals surface area contributed by atoms with Crippen LogP contribution in [0.1, 0.15) is 33.6 Å². The molecule has 66 valence electrons. The van der Waals surface area contributed by atoms with Crippen LogP contribution in [-0.2, 0) is 0 Å². The topological polar surface area (TPSA) is 12.0 Å². The molecular weight excluding hydrogens is 134 g/mol. The molecule has 1 heteroatoms. The molecule has 0 heterocycles. The molecule has 0 aromatic carbocycles. The van der Waals surface area contributed by atoms with Crippen LogP contribution >= 0.6 is 0 Å². The Morgan fingerprint density at radius 3 is 2.55 bits per heavy atom. The Morgan fingerprint density at radius 1 is 1.36 bits per heavy atom. The smallest absolute Gasteiger partial charge is 0.00177 e. The van der Waals surface area contributed by atoms with Gasteiger partial charge in [0.2, 0.25) is 0 Å². The van der Waals surface area contributed by atoms with Gasteiger partial charge in [-0.15, -0.1) is 0 Å². The monoisotopic (exact) mass is 155 g/mol. The van der Waals surface area contributed by atoms with Gasteiger partial charge in [0.05, 0.1) is 0 Å². The van der Waals surface area contributed by atoms with Crippen LogP contribution in [-0.4, -0.2) is 13.1 Å². The summed E-state index contributed by atoms with van der Waals surface area (Å²) < 4.78 is 0. The van der Waals surface area contributed by atoms with Crippen LogP contribution in [0.4, 0.5) is 0 Å². The van der Waals surface area contributed by atoms with Crippen molar-refractivity contribution in [2.45, 2.75) is 33.6 Å². The standard InChI is InChI=1S/C10H21N/c1-4-9-5-10(9)7-11-6-8(2)3/h8-11H,4-7H2,1-3H3. The van der Waals surface area contributed by atoms with Crippen molar-refractivity contribution in [3.8, 4) is 0 Å². The van der Waals surface area contributed by atoms with Gasteiger partial charge in [-0.1, -0.05) is 27.2 Å². The average Bonchev–Trinajstić information content (AvgIpc) is 2.66.